The molecule has 0 bridgehead atoms. The van der Waals surface area contributed by atoms with Gasteiger partial charge < -0.3 is 9.64 Å². The minimum atomic E-state index is -4.38. The number of anilines is 1. The Morgan fingerprint density at radius 1 is 1.11 bits per heavy atom. The average molecular weight is 536 g/mol. The topological polar surface area (TPSA) is 97.3 Å². The molecule has 0 spiro atoms. The number of sulfonamides is 1. The summed E-state index contributed by atoms with van der Waals surface area (Å²) in [7, 11) is -0.106. The summed E-state index contributed by atoms with van der Waals surface area (Å²) in [6, 6.07) is 8.45. The van der Waals surface area contributed by atoms with E-state index in [1.54, 1.807) is 19.1 Å². The van der Waals surface area contributed by atoms with Crippen LogP contribution in [0.15, 0.2) is 60.0 Å². The molecule has 0 amide bonds. The maximum Gasteiger partial charge on any atom is 0.416 e. The smallest absolute Gasteiger partial charge is 0.416 e. The van der Waals surface area contributed by atoms with E-state index >= 15 is 0 Å². The summed E-state index contributed by atoms with van der Waals surface area (Å²) >= 11 is 0. The first-order chi connectivity index (χ1) is 17.4. The van der Waals surface area contributed by atoms with Crippen molar-refractivity contribution in [2.75, 3.05) is 18.8 Å². The van der Waals surface area contributed by atoms with Crippen molar-refractivity contribution < 1.29 is 26.3 Å². The number of likely N-dealkylation sites (N-methyl/N-ethyl adjacent to an activating group) is 1. The van der Waals surface area contributed by atoms with Crippen molar-refractivity contribution in [2.24, 2.45) is 0 Å². The molecule has 1 saturated carbocycles. The van der Waals surface area contributed by atoms with Gasteiger partial charge in [0.25, 0.3) is 10.0 Å². The fourth-order valence-electron chi connectivity index (χ4n) is 4.63. The van der Waals surface area contributed by atoms with E-state index in [-0.39, 0.29) is 34.7 Å². The van der Waals surface area contributed by atoms with Crippen LogP contribution in [0.25, 0.3) is 0 Å². The van der Waals surface area contributed by atoms with E-state index in [1.165, 1.54) is 36.9 Å². The Labute approximate surface area is 214 Å². The highest BCUT2D eigenvalue weighted by Gasteiger charge is 2.36. The van der Waals surface area contributed by atoms with Crippen molar-refractivity contribution in [1.82, 2.24) is 19.9 Å². The summed E-state index contributed by atoms with van der Waals surface area (Å²) in [4.78, 5) is 13.9. The quantitative estimate of drug-likeness (QED) is 0.471. The zero-order valence-corrected chi connectivity index (χ0v) is 21.4. The number of pyridine rings is 1. The maximum absolute atomic E-state index is 13.2. The molecule has 1 aliphatic carbocycles. The van der Waals surface area contributed by atoms with Crippen LogP contribution < -0.4 is 9.46 Å². The van der Waals surface area contributed by atoms with Gasteiger partial charge >= 0.3 is 6.18 Å². The second-order valence-electron chi connectivity index (χ2n) is 9.31. The molecule has 0 unspecified atom stereocenters. The predicted octanol–water partition coefficient (Wildman–Crippen LogP) is 4.64. The number of nitrogens with one attached hydrogen (secondary N) is 1. The molecule has 3 aromatic rings. The van der Waals surface area contributed by atoms with E-state index in [2.05, 4.69) is 19.7 Å². The van der Waals surface area contributed by atoms with E-state index in [0.29, 0.717) is 30.4 Å². The van der Waals surface area contributed by atoms with Crippen molar-refractivity contribution in [3.63, 3.8) is 0 Å². The molecule has 12 heteroatoms. The SMILES string of the molecule is Cc1cc(O[C@H]2CC[C@H](c3cccc(C(F)(F)F)c3)C[C@@H]2N(C)C)ncc1S(=O)(=O)Nc1ccncn1. The monoisotopic (exact) mass is 535 g/mol. The number of hydrogen-bond acceptors (Lipinski definition) is 7. The highest BCUT2D eigenvalue weighted by Crippen LogP contribution is 2.38. The molecular weight excluding hydrogens is 507 g/mol. The number of alkyl halides is 3. The summed E-state index contributed by atoms with van der Waals surface area (Å²) in [5.41, 5.74) is 0.471. The minimum absolute atomic E-state index is 0.00382. The van der Waals surface area contributed by atoms with Crippen LogP contribution in [0.5, 0.6) is 5.88 Å². The number of aryl methyl sites for hydroxylation is 1. The molecule has 37 heavy (non-hydrogen) atoms. The molecule has 1 aliphatic rings. The van der Waals surface area contributed by atoms with Gasteiger partial charge in [-0.2, -0.15) is 13.2 Å². The number of benzene rings is 1. The lowest BCUT2D eigenvalue weighted by Gasteiger charge is -2.39. The summed E-state index contributed by atoms with van der Waals surface area (Å²) in [6.45, 7) is 1.65. The molecule has 0 aliphatic heterocycles. The molecular formula is C25H28F3N5O3S. The summed E-state index contributed by atoms with van der Waals surface area (Å²) in [5, 5.41) is 0. The Morgan fingerprint density at radius 2 is 1.89 bits per heavy atom. The summed E-state index contributed by atoms with van der Waals surface area (Å²) in [6.07, 6.45) is 1.15. The van der Waals surface area contributed by atoms with Crippen molar-refractivity contribution >= 4 is 15.8 Å². The third-order valence-corrected chi connectivity index (χ3v) is 8.01. The first kappa shape index (κ1) is 26.8. The van der Waals surface area contributed by atoms with Crippen LogP contribution in [0.4, 0.5) is 19.0 Å². The first-order valence-electron chi connectivity index (χ1n) is 11.7. The first-order valence-corrected chi connectivity index (χ1v) is 13.2. The number of rotatable bonds is 7. The Morgan fingerprint density at radius 3 is 2.54 bits per heavy atom. The second-order valence-corrected chi connectivity index (χ2v) is 11.0. The van der Waals surface area contributed by atoms with Gasteiger partial charge in [-0.05, 0) is 69.5 Å². The number of ether oxygens (including phenoxy) is 1. The van der Waals surface area contributed by atoms with E-state index in [1.807, 2.05) is 19.0 Å². The fraction of sp³-hybridized carbons (Fsp3) is 0.400. The zero-order chi connectivity index (χ0) is 26.8. The van der Waals surface area contributed by atoms with Gasteiger partial charge in [0.2, 0.25) is 5.88 Å². The van der Waals surface area contributed by atoms with Crippen LogP contribution in [-0.4, -0.2) is 54.5 Å². The van der Waals surface area contributed by atoms with Gasteiger partial charge in [0.05, 0.1) is 11.8 Å². The van der Waals surface area contributed by atoms with Crippen molar-refractivity contribution in [2.45, 2.75) is 55.3 Å². The molecule has 1 fully saturated rings. The van der Waals surface area contributed by atoms with E-state index < -0.39 is 21.8 Å². The second kappa shape index (κ2) is 10.6. The van der Waals surface area contributed by atoms with Gasteiger partial charge in [0.1, 0.15) is 23.1 Å². The zero-order valence-electron chi connectivity index (χ0n) is 20.6. The van der Waals surface area contributed by atoms with Crippen LogP contribution in [0.3, 0.4) is 0 Å². The number of nitrogens with zero attached hydrogens (tertiary/aromatic N) is 4. The minimum Gasteiger partial charge on any atom is -0.473 e. The highest BCUT2D eigenvalue weighted by molar-refractivity contribution is 7.92. The van der Waals surface area contributed by atoms with Crippen molar-refractivity contribution in [3.8, 4) is 5.88 Å². The number of hydrogen-bond donors (Lipinski definition) is 1. The Kier molecular flexibility index (Phi) is 7.69. The Bertz CT molecular complexity index is 1340. The van der Waals surface area contributed by atoms with Gasteiger partial charge in [0, 0.05) is 18.3 Å². The van der Waals surface area contributed by atoms with E-state index in [0.717, 1.165) is 6.07 Å². The summed E-state index contributed by atoms with van der Waals surface area (Å²) in [5.74, 6) is 0.388. The van der Waals surface area contributed by atoms with Gasteiger partial charge in [-0.1, -0.05) is 18.2 Å². The molecule has 4 rings (SSSR count). The molecule has 0 radical (unpaired) electrons. The van der Waals surface area contributed by atoms with Gasteiger partial charge in [-0.3, -0.25) is 4.72 Å². The largest absolute Gasteiger partial charge is 0.473 e. The predicted molar refractivity (Wildman–Crippen MR) is 132 cm³/mol. The molecule has 1 N–H and O–H groups in total. The van der Waals surface area contributed by atoms with Crippen LogP contribution in [0, 0.1) is 6.92 Å². The highest BCUT2D eigenvalue weighted by atomic mass is 32.2. The lowest BCUT2D eigenvalue weighted by molar-refractivity contribution is -0.137. The van der Waals surface area contributed by atoms with Crippen molar-refractivity contribution in [3.05, 3.63) is 71.8 Å². The average Bonchev–Trinajstić information content (AvgIpc) is 2.84. The molecule has 8 nitrogen and oxygen atoms in total. The molecule has 3 atom stereocenters. The third kappa shape index (κ3) is 6.37. The van der Waals surface area contributed by atoms with E-state index in [4.69, 9.17) is 4.74 Å². The van der Waals surface area contributed by atoms with Crippen LogP contribution in [-0.2, 0) is 16.2 Å². The maximum atomic E-state index is 13.2. The van der Waals surface area contributed by atoms with E-state index in [9.17, 15) is 21.6 Å². The van der Waals surface area contributed by atoms with Crippen LogP contribution in [0.1, 0.15) is 41.9 Å². The Hall–Kier alpha value is -3.25. The fourth-order valence-corrected chi connectivity index (χ4v) is 5.81. The lowest BCUT2D eigenvalue weighted by atomic mass is 9.79. The van der Waals surface area contributed by atoms with Gasteiger partial charge in [-0.25, -0.2) is 23.4 Å². The number of halogens is 3. The van der Waals surface area contributed by atoms with Gasteiger partial charge in [0.15, 0.2) is 0 Å². The van der Waals surface area contributed by atoms with Crippen LogP contribution >= 0.6 is 0 Å². The molecule has 0 saturated heterocycles. The lowest BCUT2D eigenvalue weighted by Crippen LogP contribution is -2.46. The van der Waals surface area contributed by atoms with Gasteiger partial charge in [-0.15, -0.1) is 0 Å². The molecule has 1 aromatic carbocycles. The molecule has 2 heterocycles. The number of aromatic nitrogens is 3. The molecule has 198 valence electrons. The Balaban J connectivity index is 1.48. The summed E-state index contributed by atoms with van der Waals surface area (Å²) < 4.78 is 73.8. The van der Waals surface area contributed by atoms with Crippen molar-refractivity contribution in [1.29, 1.82) is 0 Å². The third-order valence-electron chi connectivity index (χ3n) is 6.52. The normalized spacial score (nSPS) is 20.6. The van der Waals surface area contributed by atoms with Crippen LogP contribution in [0.2, 0.25) is 0 Å². The standard InChI is InChI=1S/C25H28F3N5O3S/c1-16-11-24(30-14-22(16)37(34,35)32-23-9-10-29-15-31-23)36-21-8-7-18(13-20(21)33(2)3)17-5-4-6-19(12-17)25(26,27)28/h4-6,9-12,14-15,18,20-21H,7-8,13H2,1-3H3,(H,29,31,32)/t18-,20-,21-/m0/s1. The molecule has 2 aromatic heterocycles.